The summed E-state index contributed by atoms with van der Waals surface area (Å²) >= 11 is 0. The molecule has 0 radical (unpaired) electrons. The van der Waals surface area contributed by atoms with E-state index in [1.54, 1.807) is 6.08 Å². The van der Waals surface area contributed by atoms with Crippen LogP contribution in [0.25, 0.3) is 11.2 Å². The van der Waals surface area contributed by atoms with Crippen molar-refractivity contribution in [3.63, 3.8) is 0 Å². The molecule has 124 valence electrons. The van der Waals surface area contributed by atoms with Crippen molar-refractivity contribution in [1.82, 2.24) is 19.4 Å². The zero-order valence-electron chi connectivity index (χ0n) is 13.7. The molecule has 0 unspecified atom stereocenters. The number of pyridine rings is 1. The minimum Gasteiger partial charge on any atom is -0.376 e. The van der Waals surface area contributed by atoms with Crippen LogP contribution in [0.2, 0.25) is 0 Å². The van der Waals surface area contributed by atoms with Gasteiger partial charge in [-0.1, -0.05) is 6.08 Å². The number of hydrogen-bond donors (Lipinski definition) is 1. The highest BCUT2D eigenvalue weighted by atomic mass is 16.5. The van der Waals surface area contributed by atoms with Crippen LogP contribution in [0.3, 0.4) is 0 Å². The molecule has 1 aliphatic rings. The molecule has 1 N–H and O–H groups in total. The lowest BCUT2D eigenvalue weighted by Crippen LogP contribution is -2.37. The third-order valence-corrected chi connectivity index (χ3v) is 4.25. The number of rotatable bonds is 7. The van der Waals surface area contributed by atoms with Gasteiger partial charge in [0.2, 0.25) is 5.95 Å². The van der Waals surface area contributed by atoms with E-state index in [4.69, 9.17) is 9.72 Å². The van der Waals surface area contributed by atoms with E-state index in [9.17, 15) is 0 Å². The van der Waals surface area contributed by atoms with Gasteiger partial charge in [0.05, 0.1) is 19.8 Å². The topological polar surface area (TPSA) is 55.2 Å². The van der Waals surface area contributed by atoms with Gasteiger partial charge in [-0.2, -0.15) is 0 Å². The van der Waals surface area contributed by atoms with Gasteiger partial charge in [0.1, 0.15) is 5.52 Å². The Kier molecular flexibility index (Phi) is 5.25. The molecule has 0 aliphatic carbocycles. The number of piperidine rings is 1. The van der Waals surface area contributed by atoms with Crippen LogP contribution in [0.5, 0.6) is 0 Å². The number of likely N-dealkylation sites (tertiary alicyclic amines) is 1. The summed E-state index contributed by atoms with van der Waals surface area (Å²) in [4.78, 5) is 11.6. The Morgan fingerprint density at radius 2 is 2.26 bits per heavy atom. The second-order valence-electron chi connectivity index (χ2n) is 6.02. The van der Waals surface area contributed by atoms with Crippen molar-refractivity contribution in [2.75, 3.05) is 38.7 Å². The lowest BCUT2D eigenvalue weighted by molar-refractivity contribution is 0.154. The summed E-state index contributed by atoms with van der Waals surface area (Å²) in [5, 5.41) is 3.61. The molecule has 1 saturated heterocycles. The summed E-state index contributed by atoms with van der Waals surface area (Å²) in [6, 6.07) is 4.40. The van der Waals surface area contributed by atoms with Crippen molar-refractivity contribution < 1.29 is 4.74 Å². The van der Waals surface area contributed by atoms with Crippen LogP contribution in [0.1, 0.15) is 12.8 Å². The van der Waals surface area contributed by atoms with Gasteiger partial charge in [0, 0.05) is 12.2 Å². The molecular weight excluding hydrogens is 290 g/mol. The molecular formula is C17H25N5O. The molecule has 0 saturated carbocycles. The molecule has 0 amide bonds. The third kappa shape index (κ3) is 3.89. The van der Waals surface area contributed by atoms with Gasteiger partial charge < -0.3 is 15.0 Å². The van der Waals surface area contributed by atoms with Gasteiger partial charge in [-0.25, -0.2) is 9.97 Å². The molecule has 0 atom stereocenters. The van der Waals surface area contributed by atoms with Crippen LogP contribution >= 0.6 is 0 Å². The van der Waals surface area contributed by atoms with Crippen LogP contribution in [0.15, 0.2) is 31.0 Å². The summed E-state index contributed by atoms with van der Waals surface area (Å²) in [6.07, 6.45) is 5.85. The Morgan fingerprint density at radius 1 is 1.43 bits per heavy atom. The third-order valence-electron chi connectivity index (χ3n) is 4.25. The summed E-state index contributed by atoms with van der Waals surface area (Å²) < 4.78 is 7.66. The second kappa shape index (κ2) is 7.57. The Balaban J connectivity index is 1.76. The zero-order valence-corrected chi connectivity index (χ0v) is 13.7. The van der Waals surface area contributed by atoms with Crippen molar-refractivity contribution in [1.29, 1.82) is 0 Å². The van der Waals surface area contributed by atoms with E-state index in [1.807, 2.05) is 18.3 Å². The quantitative estimate of drug-likeness (QED) is 0.627. The van der Waals surface area contributed by atoms with Crippen LogP contribution in [0.4, 0.5) is 5.95 Å². The van der Waals surface area contributed by atoms with Gasteiger partial charge in [0.25, 0.3) is 0 Å². The van der Waals surface area contributed by atoms with Crippen LogP contribution in [-0.4, -0.2) is 58.8 Å². The number of anilines is 1. The van der Waals surface area contributed by atoms with Crippen molar-refractivity contribution in [2.45, 2.75) is 25.4 Å². The molecule has 23 heavy (non-hydrogen) atoms. The Hall–Kier alpha value is -1.92. The number of nitrogens with one attached hydrogen (secondary N) is 1. The molecule has 2 aromatic rings. The van der Waals surface area contributed by atoms with E-state index in [-0.39, 0.29) is 0 Å². The predicted molar refractivity (Wildman–Crippen MR) is 92.7 cm³/mol. The highest BCUT2D eigenvalue weighted by Crippen LogP contribution is 2.20. The first kappa shape index (κ1) is 16.0. The molecule has 6 nitrogen and oxygen atoms in total. The highest BCUT2D eigenvalue weighted by molar-refractivity contribution is 5.74. The highest BCUT2D eigenvalue weighted by Gasteiger charge is 2.19. The summed E-state index contributed by atoms with van der Waals surface area (Å²) in [7, 11) is 2.17. The van der Waals surface area contributed by atoms with Gasteiger partial charge in [-0.15, -0.1) is 6.58 Å². The molecule has 3 heterocycles. The first-order chi connectivity index (χ1) is 11.3. The van der Waals surface area contributed by atoms with E-state index in [0.717, 1.165) is 49.6 Å². The minimum atomic E-state index is 0.468. The monoisotopic (exact) mass is 315 g/mol. The summed E-state index contributed by atoms with van der Waals surface area (Å²) in [6.45, 7) is 7.84. The lowest BCUT2D eigenvalue weighted by Gasteiger charge is -2.29. The summed E-state index contributed by atoms with van der Waals surface area (Å²) in [5.74, 6) is 0.899. The van der Waals surface area contributed by atoms with E-state index in [1.165, 1.54) is 0 Å². The fourth-order valence-corrected chi connectivity index (χ4v) is 2.94. The van der Waals surface area contributed by atoms with Crippen LogP contribution in [-0.2, 0) is 11.3 Å². The van der Waals surface area contributed by atoms with E-state index < -0.39 is 0 Å². The van der Waals surface area contributed by atoms with Gasteiger partial charge in [-0.05, 0) is 45.1 Å². The van der Waals surface area contributed by atoms with Crippen molar-refractivity contribution in [3.8, 4) is 0 Å². The molecule has 2 aromatic heterocycles. The van der Waals surface area contributed by atoms with Crippen molar-refractivity contribution >= 4 is 17.1 Å². The number of fused-ring (bicyclic) bond motifs is 1. The normalized spacial score (nSPS) is 16.7. The smallest absolute Gasteiger partial charge is 0.205 e. The number of hydrogen-bond acceptors (Lipinski definition) is 5. The Morgan fingerprint density at radius 3 is 3.04 bits per heavy atom. The number of aromatic nitrogens is 3. The Bertz CT molecular complexity index is 645. The molecule has 0 aromatic carbocycles. The largest absolute Gasteiger partial charge is 0.376 e. The zero-order chi connectivity index (χ0) is 16.1. The van der Waals surface area contributed by atoms with Gasteiger partial charge in [0.15, 0.2) is 5.65 Å². The molecule has 3 rings (SSSR count). The number of imidazole rings is 1. The molecule has 1 fully saturated rings. The molecule has 0 spiro atoms. The molecule has 6 heteroatoms. The van der Waals surface area contributed by atoms with Gasteiger partial charge in [-0.3, -0.25) is 4.57 Å². The maximum atomic E-state index is 5.54. The van der Waals surface area contributed by atoms with Crippen molar-refractivity contribution in [3.05, 3.63) is 31.0 Å². The fraction of sp³-hybridized carbons (Fsp3) is 0.529. The number of nitrogens with zero attached hydrogens (tertiary/aromatic N) is 4. The van der Waals surface area contributed by atoms with E-state index >= 15 is 0 Å². The van der Waals surface area contributed by atoms with Crippen LogP contribution in [0, 0.1) is 0 Å². The maximum Gasteiger partial charge on any atom is 0.205 e. The molecule has 1 aliphatic heterocycles. The van der Waals surface area contributed by atoms with Crippen LogP contribution < -0.4 is 5.32 Å². The molecule has 0 bridgehead atoms. The van der Waals surface area contributed by atoms with E-state index in [2.05, 4.69) is 33.4 Å². The lowest BCUT2D eigenvalue weighted by atomic mass is 10.1. The van der Waals surface area contributed by atoms with Crippen molar-refractivity contribution in [2.24, 2.45) is 0 Å². The first-order valence-corrected chi connectivity index (χ1v) is 8.23. The average molecular weight is 315 g/mol. The Labute approximate surface area is 137 Å². The predicted octanol–water partition coefficient (Wildman–Crippen LogP) is 2.14. The SMILES string of the molecule is C=CCOCCn1c(NC2CCN(C)CC2)nc2cccnc21. The van der Waals surface area contributed by atoms with Gasteiger partial charge >= 0.3 is 0 Å². The fourth-order valence-electron chi connectivity index (χ4n) is 2.94. The first-order valence-electron chi connectivity index (χ1n) is 8.23. The van der Waals surface area contributed by atoms with E-state index in [0.29, 0.717) is 19.3 Å². The maximum absolute atomic E-state index is 5.54. The summed E-state index contributed by atoms with van der Waals surface area (Å²) in [5.41, 5.74) is 1.83. The minimum absolute atomic E-state index is 0.468. The second-order valence-corrected chi connectivity index (χ2v) is 6.02. The standard InChI is InChI=1S/C17H25N5O/c1-3-12-23-13-11-22-16-15(5-4-8-18-16)20-17(22)19-14-6-9-21(2)10-7-14/h3-5,8,14H,1,6-7,9-13H2,2H3,(H,19,20). The number of ether oxygens (including phenoxy) is 1. The average Bonchev–Trinajstić information content (AvgIpc) is 2.91.